The van der Waals surface area contributed by atoms with Gasteiger partial charge in [-0.3, -0.25) is 0 Å². The predicted molar refractivity (Wildman–Crippen MR) is 67.7 cm³/mol. The first-order valence-electron chi connectivity index (χ1n) is 5.10. The Morgan fingerprint density at radius 2 is 2.11 bits per heavy atom. The fourth-order valence-corrected chi connectivity index (χ4v) is 1.66. The summed E-state index contributed by atoms with van der Waals surface area (Å²) in [6, 6.07) is 8.68. The van der Waals surface area contributed by atoms with Gasteiger partial charge in [0.25, 0.3) is 0 Å². The monoisotopic (exact) mass is 261 g/mol. The first-order valence-corrected chi connectivity index (χ1v) is 5.48. The average Bonchev–Trinajstić information content (AvgIpc) is 2.81. The first-order chi connectivity index (χ1) is 8.72. The zero-order valence-corrected chi connectivity index (χ0v) is 9.83. The van der Waals surface area contributed by atoms with Gasteiger partial charge in [-0.15, -0.1) is 14.8 Å². The van der Waals surface area contributed by atoms with E-state index < -0.39 is 0 Å². The minimum Gasteiger partial charge on any atom is -0.399 e. The van der Waals surface area contributed by atoms with E-state index in [2.05, 4.69) is 25.9 Å². The van der Waals surface area contributed by atoms with Crippen LogP contribution in [0, 0.1) is 0 Å². The standard InChI is InChI=1S/C10H8ClN7/c11-7-2-1-6(12)5-8(7)13-9-3-4-10-14-16-17-18(10)15-9/h1-5H,12H2,(H,13,15). The predicted octanol–water partition coefficient (Wildman–Crippen LogP) is 1.50. The molecule has 2 heterocycles. The van der Waals surface area contributed by atoms with Crippen LogP contribution in [-0.4, -0.2) is 25.3 Å². The van der Waals surface area contributed by atoms with Gasteiger partial charge in [-0.1, -0.05) is 11.6 Å². The van der Waals surface area contributed by atoms with Crippen molar-refractivity contribution in [1.29, 1.82) is 0 Å². The number of nitrogens with zero attached hydrogens (tertiary/aromatic N) is 5. The summed E-state index contributed by atoms with van der Waals surface area (Å²) in [6.07, 6.45) is 0. The third kappa shape index (κ3) is 1.91. The molecule has 3 N–H and O–H groups in total. The van der Waals surface area contributed by atoms with E-state index in [1.165, 1.54) is 4.63 Å². The molecular formula is C10H8ClN7. The van der Waals surface area contributed by atoms with Crippen molar-refractivity contribution in [2.24, 2.45) is 0 Å². The van der Waals surface area contributed by atoms with Gasteiger partial charge < -0.3 is 11.1 Å². The number of fused-ring (bicyclic) bond motifs is 1. The van der Waals surface area contributed by atoms with Crippen LogP contribution in [0.25, 0.3) is 5.65 Å². The zero-order valence-electron chi connectivity index (χ0n) is 9.08. The summed E-state index contributed by atoms with van der Waals surface area (Å²) >= 11 is 6.05. The molecule has 0 aliphatic carbocycles. The van der Waals surface area contributed by atoms with Crippen LogP contribution < -0.4 is 11.1 Å². The van der Waals surface area contributed by atoms with Gasteiger partial charge in [-0.2, -0.15) is 0 Å². The van der Waals surface area contributed by atoms with Crippen molar-refractivity contribution in [3.8, 4) is 0 Å². The molecule has 0 fully saturated rings. The lowest BCUT2D eigenvalue weighted by molar-refractivity contribution is 0.736. The van der Waals surface area contributed by atoms with Crippen molar-refractivity contribution in [3.05, 3.63) is 35.4 Å². The highest BCUT2D eigenvalue weighted by molar-refractivity contribution is 6.33. The Bertz CT molecular complexity index is 708. The van der Waals surface area contributed by atoms with E-state index in [0.29, 0.717) is 27.9 Å². The number of rotatable bonds is 2. The lowest BCUT2D eigenvalue weighted by Gasteiger charge is -2.07. The minimum atomic E-state index is 0.558. The molecular weight excluding hydrogens is 254 g/mol. The average molecular weight is 262 g/mol. The Balaban J connectivity index is 1.97. The summed E-state index contributed by atoms with van der Waals surface area (Å²) in [5.74, 6) is 0.572. The molecule has 1 aromatic carbocycles. The fourth-order valence-electron chi connectivity index (χ4n) is 1.49. The second-order valence-electron chi connectivity index (χ2n) is 3.61. The van der Waals surface area contributed by atoms with Gasteiger partial charge in [0.2, 0.25) is 0 Å². The Labute approximate surface area is 107 Å². The molecule has 3 aromatic rings. The topological polar surface area (TPSA) is 94.0 Å². The molecule has 0 amide bonds. The van der Waals surface area contributed by atoms with Crippen LogP contribution in [0.1, 0.15) is 0 Å². The van der Waals surface area contributed by atoms with E-state index in [0.717, 1.165) is 0 Å². The Kier molecular flexibility index (Phi) is 2.45. The zero-order chi connectivity index (χ0) is 12.5. The molecule has 0 radical (unpaired) electrons. The minimum absolute atomic E-state index is 0.558. The van der Waals surface area contributed by atoms with Crippen LogP contribution in [0.15, 0.2) is 30.3 Å². The van der Waals surface area contributed by atoms with Crippen LogP contribution in [-0.2, 0) is 0 Å². The molecule has 0 unspecified atom stereocenters. The summed E-state index contributed by atoms with van der Waals surface area (Å²) in [7, 11) is 0. The Morgan fingerprint density at radius 3 is 3.00 bits per heavy atom. The number of nitrogens with two attached hydrogens (primary N) is 1. The summed E-state index contributed by atoms with van der Waals surface area (Å²) in [5, 5.41) is 18.8. The van der Waals surface area contributed by atoms with Gasteiger partial charge in [0.15, 0.2) is 11.5 Å². The Hall–Kier alpha value is -2.41. The molecule has 7 nitrogen and oxygen atoms in total. The van der Waals surface area contributed by atoms with Crippen molar-refractivity contribution in [2.45, 2.75) is 0 Å². The number of nitrogens with one attached hydrogen (secondary N) is 1. The van der Waals surface area contributed by atoms with E-state index in [1.807, 2.05) is 0 Å². The summed E-state index contributed by atoms with van der Waals surface area (Å²) in [4.78, 5) is 0. The lowest BCUT2D eigenvalue weighted by Crippen LogP contribution is -2.01. The molecule has 0 aliphatic rings. The molecule has 0 saturated heterocycles. The highest BCUT2D eigenvalue weighted by Crippen LogP contribution is 2.26. The second kappa shape index (κ2) is 4.11. The molecule has 18 heavy (non-hydrogen) atoms. The molecule has 0 aliphatic heterocycles. The van der Waals surface area contributed by atoms with Gasteiger partial charge >= 0.3 is 0 Å². The molecule has 90 valence electrons. The van der Waals surface area contributed by atoms with Crippen molar-refractivity contribution < 1.29 is 0 Å². The molecule has 2 aromatic heterocycles. The smallest absolute Gasteiger partial charge is 0.200 e. The summed E-state index contributed by atoms with van der Waals surface area (Å²) < 4.78 is 1.32. The fraction of sp³-hybridized carbons (Fsp3) is 0. The van der Waals surface area contributed by atoms with Gasteiger partial charge in [-0.25, -0.2) is 0 Å². The largest absolute Gasteiger partial charge is 0.399 e. The molecule has 0 saturated carbocycles. The number of tetrazole rings is 1. The van der Waals surface area contributed by atoms with Gasteiger partial charge in [0.05, 0.1) is 10.7 Å². The van der Waals surface area contributed by atoms with Crippen molar-refractivity contribution >= 4 is 34.4 Å². The van der Waals surface area contributed by atoms with Gasteiger partial charge in [0, 0.05) is 5.69 Å². The van der Waals surface area contributed by atoms with Gasteiger partial charge in [0.1, 0.15) is 0 Å². The molecule has 0 spiro atoms. The number of hydrogen-bond acceptors (Lipinski definition) is 6. The number of aromatic nitrogens is 5. The maximum atomic E-state index is 6.05. The highest BCUT2D eigenvalue weighted by atomic mass is 35.5. The summed E-state index contributed by atoms with van der Waals surface area (Å²) in [5.41, 5.74) is 7.56. The van der Waals surface area contributed by atoms with Crippen LogP contribution in [0.5, 0.6) is 0 Å². The number of anilines is 3. The number of nitrogen functional groups attached to an aromatic ring is 1. The molecule has 0 atom stereocenters. The maximum Gasteiger partial charge on any atom is 0.200 e. The van der Waals surface area contributed by atoms with E-state index in [1.54, 1.807) is 30.3 Å². The van der Waals surface area contributed by atoms with E-state index in [-0.39, 0.29) is 0 Å². The third-order valence-electron chi connectivity index (χ3n) is 2.32. The first kappa shape index (κ1) is 10.7. The second-order valence-corrected chi connectivity index (χ2v) is 4.02. The summed E-state index contributed by atoms with van der Waals surface area (Å²) in [6.45, 7) is 0. The van der Waals surface area contributed by atoms with Crippen molar-refractivity contribution in [2.75, 3.05) is 11.1 Å². The van der Waals surface area contributed by atoms with Crippen LogP contribution in [0.3, 0.4) is 0 Å². The van der Waals surface area contributed by atoms with Crippen LogP contribution in [0.2, 0.25) is 5.02 Å². The molecule has 0 bridgehead atoms. The lowest BCUT2D eigenvalue weighted by atomic mass is 10.3. The van der Waals surface area contributed by atoms with Crippen LogP contribution >= 0.6 is 11.6 Å². The highest BCUT2D eigenvalue weighted by Gasteiger charge is 2.04. The van der Waals surface area contributed by atoms with Gasteiger partial charge in [-0.05, 0) is 40.8 Å². The Morgan fingerprint density at radius 1 is 1.22 bits per heavy atom. The maximum absolute atomic E-state index is 6.05. The van der Waals surface area contributed by atoms with Crippen molar-refractivity contribution in [3.63, 3.8) is 0 Å². The normalized spacial score (nSPS) is 10.7. The number of benzene rings is 1. The van der Waals surface area contributed by atoms with Crippen LogP contribution in [0.4, 0.5) is 17.2 Å². The molecule has 8 heteroatoms. The quantitative estimate of drug-likeness (QED) is 0.679. The number of halogens is 1. The van der Waals surface area contributed by atoms with E-state index >= 15 is 0 Å². The van der Waals surface area contributed by atoms with E-state index in [9.17, 15) is 0 Å². The third-order valence-corrected chi connectivity index (χ3v) is 2.65. The molecule has 3 rings (SSSR count). The van der Waals surface area contributed by atoms with E-state index in [4.69, 9.17) is 17.3 Å². The van der Waals surface area contributed by atoms with Crippen molar-refractivity contribution in [1.82, 2.24) is 25.3 Å². The SMILES string of the molecule is Nc1ccc(Cl)c(Nc2ccc3nnnn3n2)c1. The number of hydrogen-bond donors (Lipinski definition) is 2.